The highest BCUT2D eigenvalue weighted by molar-refractivity contribution is 7.99. The molecule has 4 atom stereocenters. The predicted molar refractivity (Wildman–Crippen MR) is 213 cm³/mol. The number of halogens is 2. The molecule has 290 valence electrons. The number of amides is 3. The molecule has 0 fully saturated rings. The molecule has 2 rings (SSSR count). The normalized spacial score (nSPS) is 12.0. The van der Waals surface area contributed by atoms with Gasteiger partial charge in [0, 0.05) is 23.9 Å². The Morgan fingerprint density at radius 1 is 1.00 bits per heavy atom. The second-order valence-electron chi connectivity index (χ2n) is 10.6. The molecule has 0 heterocycles. The maximum atomic E-state index is 12.5. The SMILES string of the molecule is C=CCC.CC.CCC=N.CCCCSCC(NC=O)C(=O)NCC(O)C(O)C(CCSC)NC(=O)c1ccccc1.Cc1cc(F)cc(F)c1. The Kier molecular flexibility index (Phi) is 37.3. The number of aryl methyl sites for hydroxylation is 1. The van der Waals surface area contributed by atoms with Crippen LogP contribution in [0.2, 0.25) is 0 Å². The number of hydrogen-bond acceptors (Lipinski definition) is 8. The zero-order valence-corrected chi connectivity index (χ0v) is 33.1. The van der Waals surface area contributed by atoms with Gasteiger partial charge in [0.1, 0.15) is 23.8 Å². The van der Waals surface area contributed by atoms with Crippen molar-refractivity contribution in [1.29, 1.82) is 5.41 Å². The van der Waals surface area contributed by atoms with Gasteiger partial charge in [-0.05, 0) is 86.4 Å². The lowest BCUT2D eigenvalue weighted by molar-refractivity contribution is -0.125. The number of thioether (sulfide) groups is 2. The fourth-order valence-corrected chi connectivity index (χ4v) is 5.18. The molecule has 3 amide bonds. The molecular weight excluding hydrogens is 695 g/mol. The van der Waals surface area contributed by atoms with Crippen LogP contribution in [-0.4, -0.2) is 89.0 Å². The largest absolute Gasteiger partial charge is 0.388 e. The van der Waals surface area contributed by atoms with Gasteiger partial charge in [-0.1, -0.05) is 65.3 Å². The molecule has 0 aliphatic heterocycles. The standard InChI is InChI=1S/C22H35N3O5S2.C7H6F2.C4H8.C3H7N.C2H6/c1-3-4-11-32-14-18(24-15-26)22(30)23-13-19(27)20(28)17(10-12-31-2)25-21(29)16-8-6-5-7-9-16;1-5-2-6(8)4-7(9)3-5;1-3-4-2;1-2-3-4;1-2/h5-9,15,17-20,27-28H,3-4,10-14H2,1-2H3,(H,23,30)(H,24,26)(H,25,29);2-4H,1H3;3H,1,4H2,2H3;3-4H,2H2,1H3;1-2H3. The van der Waals surface area contributed by atoms with Gasteiger partial charge in [-0.3, -0.25) is 14.4 Å². The number of rotatable bonds is 19. The monoisotopic (exact) mass is 756 g/mol. The van der Waals surface area contributed by atoms with E-state index in [0.29, 0.717) is 35.5 Å². The predicted octanol–water partition coefficient (Wildman–Crippen LogP) is 6.95. The first-order valence-corrected chi connectivity index (χ1v) is 19.8. The number of carbonyl (C=O) groups excluding carboxylic acids is 3. The van der Waals surface area contributed by atoms with Crippen LogP contribution in [0.4, 0.5) is 8.78 Å². The molecular formula is C38H62F2N4O5S2. The second kappa shape index (κ2) is 36.5. The van der Waals surface area contributed by atoms with Crippen LogP contribution in [0.3, 0.4) is 0 Å². The van der Waals surface area contributed by atoms with Gasteiger partial charge in [0.05, 0.1) is 12.1 Å². The molecule has 0 radical (unpaired) electrons. The van der Waals surface area contributed by atoms with Crippen LogP contribution >= 0.6 is 23.5 Å². The third-order valence-corrected chi connectivity index (χ3v) is 8.08. The summed E-state index contributed by atoms with van der Waals surface area (Å²) in [6.45, 7) is 15.0. The average molecular weight is 757 g/mol. The van der Waals surface area contributed by atoms with E-state index in [1.54, 1.807) is 60.8 Å². The number of carbonyl (C=O) groups is 3. The first-order valence-electron chi connectivity index (χ1n) is 17.2. The van der Waals surface area contributed by atoms with Gasteiger partial charge in [0.2, 0.25) is 12.3 Å². The van der Waals surface area contributed by atoms with E-state index in [2.05, 4.69) is 36.4 Å². The molecule has 6 N–H and O–H groups in total. The fraction of sp³-hybridized carbons (Fsp3) is 0.526. The summed E-state index contributed by atoms with van der Waals surface area (Å²) in [4.78, 5) is 35.7. The van der Waals surface area contributed by atoms with E-state index in [4.69, 9.17) is 5.41 Å². The Balaban J connectivity index is -0.000000982. The zero-order chi connectivity index (χ0) is 39.5. The lowest BCUT2D eigenvalue weighted by atomic mass is 10.0. The van der Waals surface area contributed by atoms with Gasteiger partial charge < -0.3 is 31.6 Å². The van der Waals surface area contributed by atoms with Gasteiger partial charge in [0.25, 0.3) is 5.91 Å². The molecule has 0 saturated carbocycles. The third-order valence-electron chi connectivity index (χ3n) is 6.29. The first-order chi connectivity index (χ1) is 24.4. The molecule has 0 spiro atoms. The third kappa shape index (κ3) is 29.1. The lowest BCUT2D eigenvalue weighted by Gasteiger charge is -2.28. The molecule has 2 aromatic rings. The molecule has 9 nitrogen and oxygen atoms in total. The summed E-state index contributed by atoms with van der Waals surface area (Å²) in [5.74, 6) is 0.177. The van der Waals surface area contributed by atoms with E-state index in [1.807, 2.05) is 33.1 Å². The molecule has 0 saturated heterocycles. The first kappa shape index (κ1) is 52.1. The molecule has 0 bridgehead atoms. The lowest BCUT2D eigenvalue weighted by Crippen LogP contribution is -2.53. The van der Waals surface area contributed by atoms with E-state index in [1.165, 1.54) is 18.3 Å². The van der Waals surface area contributed by atoms with Crippen molar-refractivity contribution in [1.82, 2.24) is 16.0 Å². The maximum absolute atomic E-state index is 12.5. The number of allylic oxidation sites excluding steroid dienone is 1. The summed E-state index contributed by atoms with van der Waals surface area (Å²) >= 11 is 3.13. The van der Waals surface area contributed by atoms with Gasteiger partial charge in [-0.25, -0.2) is 8.78 Å². The van der Waals surface area contributed by atoms with Gasteiger partial charge >= 0.3 is 0 Å². The van der Waals surface area contributed by atoms with Crippen LogP contribution in [0.15, 0.2) is 61.2 Å². The summed E-state index contributed by atoms with van der Waals surface area (Å²) in [7, 11) is 0. The number of nitrogens with one attached hydrogen (secondary N) is 4. The Labute approximate surface area is 313 Å². The Morgan fingerprint density at radius 3 is 2.02 bits per heavy atom. The number of benzene rings is 2. The maximum Gasteiger partial charge on any atom is 0.251 e. The van der Waals surface area contributed by atoms with Crippen molar-refractivity contribution in [3.63, 3.8) is 0 Å². The Morgan fingerprint density at radius 2 is 1.57 bits per heavy atom. The van der Waals surface area contributed by atoms with E-state index in [0.717, 1.165) is 37.5 Å². The number of unbranched alkanes of at least 4 members (excludes halogenated alkanes) is 1. The van der Waals surface area contributed by atoms with Crippen LogP contribution in [0, 0.1) is 24.0 Å². The molecule has 51 heavy (non-hydrogen) atoms. The highest BCUT2D eigenvalue weighted by Crippen LogP contribution is 2.11. The van der Waals surface area contributed by atoms with Crippen molar-refractivity contribution in [3.8, 4) is 0 Å². The number of aliphatic hydroxyl groups excluding tert-OH is 2. The quantitative estimate of drug-likeness (QED) is 0.0393. The molecule has 0 aliphatic carbocycles. The Hall–Kier alpha value is -3.26. The molecule has 4 unspecified atom stereocenters. The van der Waals surface area contributed by atoms with Crippen molar-refractivity contribution in [3.05, 3.63) is 83.9 Å². The molecule has 0 aromatic heterocycles. The second-order valence-corrected chi connectivity index (χ2v) is 12.7. The van der Waals surface area contributed by atoms with E-state index >= 15 is 0 Å². The van der Waals surface area contributed by atoms with Gasteiger partial charge in [-0.2, -0.15) is 23.5 Å². The number of hydrogen-bond donors (Lipinski definition) is 6. The smallest absolute Gasteiger partial charge is 0.251 e. The van der Waals surface area contributed by atoms with Crippen molar-refractivity contribution >= 4 is 48.0 Å². The Bertz CT molecular complexity index is 1120. The zero-order valence-electron chi connectivity index (χ0n) is 31.4. The summed E-state index contributed by atoms with van der Waals surface area (Å²) in [6, 6.07) is 10.6. The minimum atomic E-state index is -1.29. The van der Waals surface area contributed by atoms with Crippen molar-refractivity contribution in [2.24, 2.45) is 0 Å². The van der Waals surface area contributed by atoms with Crippen molar-refractivity contribution < 1.29 is 33.4 Å². The van der Waals surface area contributed by atoms with Crippen molar-refractivity contribution in [2.45, 2.75) is 97.9 Å². The van der Waals surface area contributed by atoms with Gasteiger partial charge in [-0.15, -0.1) is 6.58 Å². The minimum absolute atomic E-state index is 0.201. The van der Waals surface area contributed by atoms with Crippen molar-refractivity contribution in [2.75, 3.05) is 30.1 Å². The summed E-state index contributed by atoms with van der Waals surface area (Å²) in [6.07, 6.45) is 7.56. The van der Waals surface area contributed by atoms with Crippen LogP contribution in [0.1, 0.15) is 82.6 Å². The summed E-state index contributed by atoms with van der Waals surface area (Å²) in [5, 5.41) is 35.3. The van der Waals surface area contributed by atoms with Crippen LogP contribution in [0.25, 0.3) is 0 Å². The summed E-state index contributed by atoms with van der Waals surface area (Å²) < 4.78 is 24.4. The average Bonchev–Trinajstić information content (AvgIpc) is 3.14. The van der Waals surface area contributed by atoms with E-state index < -0.39 is 41.8 Å². The molecule has 13 heteroatoms. The topological polar surface area (TPSA) is 152 Å². The van der Waals surface area contributed by atoms with Crippen LogP contribution in [0.5, 0.6) is 0 Å². The minimum Gasteiger partial charge on any atom is -0.388 e. The fourth-order valence-electron chi connectivity index (χ4n) is 3.55. The highest BCUT2D eigenvalue weighted by atomic mass is 32.2. The van der Waals surface area contributed by atoms with Crippen LogP contribution < -0.4 is 16.0 Å². The highest BCUT2D eigenvalue weighted by Gasteiger charge is 2.29. The summed E-state index contributed by atoms with van der Waals surface area (Å²) in [5.41, 5.74) is 1.06. The van der Waals surface area contributed by atoms with E-state index in [-0.39, 0.29) is 12.5 Å². The van der Waals surface area contributed by atoms with Crippen LogP contribution in [-0.2, 0) is 9.59 Å². The molecule has 2 aromatic carbocycles. The number of aliphatic hydroxyl groups is 2. The van der Waals surface area contributed by atoms with Gasteiger partial charge in [0.15, 0.2) is 0 Å². The van der Waals surface area contributed by atoms with E-state index in [9.17, 15) is 33.4 Å². The molecule has 0 aliphatic rings.